The Kier molecular flexibility index (Phi) is 5.25. The minimum absolute atomic E-state index is 0.141. The lowest BCUT2D eigenvalue weighted by Gasteiger charge is -2.02. The zero-order chi connectivity index (χ0) is 17.6. The molecule has 126 valence electrons. The maximum absolute atomic E-state index is 12.1. The van der Waals surface area contributed by atoms with E-state index in [1.54, 1.807) is 41.2 Å². The van der Waals surface area contributed by atoms with Crippen LogP contribution in [-0.4, -0.2) is 27.0 Å². The molecule has 0 spiro atoms. The summed E-state index contributed by atoms with van der Waals surface area (Å²) in [5, 5.41) is 17.5. The summed E-state index contributed by atoms with van der Waals surface area (Å²) >= 11 is 3.40. The predicted molar refractivity (Wildman–Crippen MR) is 98.6 cm³/mol. The minimum atomic E-state index is -0.397. The van der Waals surface area contributed by atoms with Gasteiger partial charge in [-0.1, -0.05) is 40.2 Å². The number of amides is 1. The van der Waals surface area contributed by atoms with Crippen molar-refractivity contribution < 1.29 is 9.90 Å². The smallest absolute Gasteiger partial charge is 0.291 e. The fraction of sp³-hybridized carbons (Fsp3) is 0.0556. The molecule has 0 saturated heterocycles. The summed E-state index contributed by atoms with van der Waals surface area (Å²) in [6, 6.07) is 16.1. The van der Waals surface area contributed by atoms with Gasteiger partial charge in [0.15, 0.2) is 5.69 Å². The van der Waals surface area contributed by atoms with E-state index < -0.39 is 5.91 Å². The first-order valence-electron chi connectivity index (χ1n) is 7.50. The molecule has 3 aromatic rings. The van der Waals surface area contributed by atoms with E-state index in [4.69, 9.17) is 0 Å². The van der Waals surface area contributed by atoms with Gasteiger partial charge < -0.3 is 5.11 Å². The molecule has 2 aromatic carbocycles. The summed E-state index contributed by atoms with van der Waals surface area (Å²) in [7, 11) is 0. The van der Waals surface area contributed by atoms with Crippen LogP contribution in [0.25, 0.3) is 0 Å². The molecule has 1 amide bonds. The van der Waals surface area contributed by atoms with Crippen LogP contribution in [0.4, 0.5) is 0 Å². The SMILES string of the molecule is O=C(N/N=C/c1cccc(O)c1)c1ccn(Cc2ccc(Br)cc2)n1. The third-order valence-corrected chi connectivity index (χ3v) is 3.91. The van der Waals surface area contributed by atoms with E-state index in [0.717, 1.165) is 10.0 Å². The van der Waals surface area contributed by atoms with E-state index in [1.807, 2.05) is 24.3 Å². The minimum Gasteiger partial charge on any atom is -0.508 e. The Bertz CT molecular complexity index is 903. The average Bonchev–Trinajstić information content (AvgIpc) is 3.06. The summed E-state index contributed by atoms with van der Waals surface area (Å²) in [5.74, 6) is -0.257. The predicted octanol–water partition coefficient (Wildman–Crippen LogP) is 3.16. The van der Waals surface area contributed by atoms with Gasteiger partial charge in [-0.05, 0) is 41.5 Å². The van der Waals surface area contributed by atoms with E-state index >= 15 is 0 Å². The molecule has 0 unspecified atom stereocenters. The number of halogens is 1. The molecule has 0 aliphatic carbocycles. The van der Waals surface area contributed by atoms with Crippen LogP contribution in [0.5, 0.6) is 5.75 Å². The zero-order valence-electron chi connectivity index (χ0n) is 13.1. The van der Waals surface area contributed by atoms with Crippen molar-refractivity contribution in [2.45, 2.75) is 6.54 Å². The Morgan fingerprint density at radius 2 is 2.04 bits per heavy atom. The largest absolute Gasteiger partial charge is 0.508 e. The van der Waals surface area contributed by atoms with Crippen molar-refractivity contribution in [3.8, 4) is 5.75 Å². The molecule has 0 saturated carbocycles. The number of aromatic nitrogens is 2. The topological polar surface area (TPSA) is 79.5 Å². The molecule has 1 heterocycles. The molecule has 0 fully saturated rings. The van der Waals surface area contributed by atoms with Crippen molar-refractivity contribution in [1.82, 2.24) is 15.2 Å². The average molecular weight is 399 g/mol. The zero-order valence-corrected chi connectivity index (χ0v) is 14.7. The number of nitrogens with one attached hydrogen (secondary N) is 1. The third kappa shape index (κ3) is 4.77. The van der Waals surface area contributed by atoms with Crippen molar-refractivity contribution in [2.75, 3.05) is 0 Å². The second-order valence-corrected chi connectivity index (χ2v) is 6.23. The summed E-state index contributed by atoms with van der Waals surface area (Å²) < 4.78 is 2.71. The van der Waals surface area contributed by atoms with Gasteiger partial charge in [0, 0.05) is 10.7 Å². The number of hydrogen-bond donors (Lipinski definition) is 2. The van der Waals surface area contributed by atoms with Gasteiger partial charge in [0.1, 0.15) is 5.75 Å². The van der Waals surface area contributed by atoms with E-state index in [1.165, 1.54) is 6.21 Å². The highest BCUT2D eigenvalue weighted by atomic mass is 79.9. The third-order valence-electron chi connectivity index (χ3n) is 3.38. The van der Waals surface area contributed by atoms with Crippen LogP contribution in [-0.2, 0) is 6.54 Å². The maximum Gasteiger partial charge on any atom is 0.291 e. The number of hydrogen-bond acceptors (Lipinski definition) is 4. The number of carbonyl (C=O) groups is 1. The fourth-order valence-electron chi connectivity index (χ4n) is 2.18. The van der Waals surface area contributed by atoms with Gasteiger partial charge in [0.2, 0.25) is 0 Å². The molecule has 2 N–H and O–H groups in total. The second kappa shape index (κ2) is 7.76. The number of aromatic hydroxyl groups is 1. The quantitative estimate of drug-likeness (QED) is 0.511. The molecule has 7 heteroatoms. The van der Waals surface area contributed by atoms with Gasteiger partial charge >= 0.3 is 0 Å². The van der Waals surface area contributed by atoms with Crippen molar-refractivity contribution in [3.05, 3.63) is 82.1 Å². The van der Waals surface area contributed by atoms with E-state index in [9.17, 15) is 9.90 Å². The number of rotatable bonds is 5. The number of carbonyl (C=O) groups excluding carboxylic acids is 1. The lowest BCUT2D eigenvalue weighted by Crippen LogP contribution is -2.18. The first-order valence-corrected chi connectivity index (χ1v) is 8.30. The molecule has 3 rings (SSSR count). The van der Waals surface area contributed by atoms with E-state index in [-0.39, 0.29) is 11.4 Å². The monoisotopic (exact) mass is 398 g/mol. The maximum atomic E-state index is 12.1. The van der Waals surface area contributed by atoms with Gasteiger partial charge in [-0.2, -0.15) is 10.2 Å². The highest BCUT2D eigenvalue weighted by Gasteiger charge is 2.08. The highest BCUT2D eigenvalue weighted by molar-refractivity contribution is 9.10. The Labute approximate surface area is 152 Å². The van der Waals surface area contributed by atoms with Crippen molar-refractivity contribution in [1.29, 1.82) is 0 Å². The Morgan fingerprint density at radius 1 is 1.24 bits per heavy atom. The van der Waals surface area contributed by atoms with Crippen molar-refractivity contribution in [3.63, 3.8) is 0 Å². The van der Waals surface area contributed by atoms with Crippen molar-refractivity contribution >= 4 is 28.1 Å². The normalized spacial score (nSPS) is 10.9. The Balaban J connectivity index is 1.59. The standard InChI is InChI=1S/C18H15BrN4O2/c19-15-6-4-13(5-7-15)12-23-9-8-17(22-23)18(25)21-20-11-14-2-1-3-16(24)10-14/h1-11,24H,12H2,(H,21,25)/b20-11+. The van der Waals surface area contributed by atoms with Crippen LogP contribution in [0.15, 0.2) is 70.4 Å². The molecule has 6 nitrogen and oxygen atoms in total. The number of benzene rings is 2. The van der Waals surface area contributed by atoms with Gasteiger partial charge in [0.05, 0.1) is 12.8 Å². The number of nitrogens with zero attached hydrogens (tertiary/aromatic N) is 3. The molecule has 25 heavy (non-hydrogen) atoms. The van der Waals surface area contributed by atoms with Gasteiger partial charge in [-0.15, -0.1) is 0 Å². The van der Waals surface area contributed by atoms with Gasteiger partial charge in [-0.25, -0.2) is 5.43 Å². The lowest BCUT2D eigenvalue weighted by atomic mass is 10.2. The van der Waals surface area contributed by atoms with Crippen molar-refractivity contribution in [2.24, 2.45) is 5.10 Å². The molecule has 0 radical (unpaired) electrons. The first kappa shape index (κ1) is 16.9. The van der Waals surface area contributed by atoms with Crippen LogP contribution >= 0.6 is 15.9 Å². The van der Waals surface area contributed by atoms with Crippen LogP contribution in [0, 0.1) is 0 Å². The number of phenols is 1. The molecule has 0 bridgehead atoms. The van der Waals surface area contributed by atoms with E-state index in [2.05, 4.69) is 31.6 Å². The van der Waals surface area contributed by atoms with Crippen LogP contribution in [0.1, 0.15) is 21.6 Å². The highest BCUT2D eigenvalue weighted by Crippen LogP contribution is 2.11. The molecular weight excluding hydrogens is 384 g/mol. The lowest BCUT2D eigenvalue weighted by molar-refractivity contribution is 0.0949. The fourth-order valence-corrected chi connectivity index (χ4v) is 2.44. The Morgan fingerprint density at radius 3 is 2.80 bits per heavy atom. The molecule has 0 aliphatic rings. The van der Waals surface area contributed by atoms with Gasteiger partial charge in [-0.3, -0.25) is 9.48 Å². The second-order valence-electron chi connectivity index (χ2n) is 5.32. The van der Waals surface area contributed by atoms with E-state index in [0.29, 0.717) is 12.1 Å². The first-order chi connectivity index (χ1) is 12.1. The van der Waals surface area contributed by atoms with Crippen LogP contribution < -0.4 is 5.43 Å². The number of hydrazone groups is 1. The van der Waals surface area contributed by atoms with Crippen LogP contribution in [0.2, 0.25) is 0 Å². The molecule has 0 aliphatic heterocycles. The Hall–Kier alpha value is -2.93. The summed E-state index contributed by atoms with van der Waals surface area (Å²) in [4.78, 5) is 12.1. The molecule has 0 atom stereocenters. The van der Waals surface area contributed by atoms with Crippen LogP contribution in [0.3, 0.4) is 0 Å². The van der Waals surface area contributed by atoms with Gasteiger partial charge in [0.25, 0.3) is 5.91 Å². The number of phenolic OH excluding ortho intramolecular Hbond substituents is 1. The summed E-state index contributed by atoms with van der Waals surface area (Å²) in [6.07, 6.45) is 3.20. The molecular formula is C18H15BrN4O2. The summed E-state index contributed by atoms with van der Waals surface area (Å²) in [5.41, 5.74) is 4.47. The summed E-state index contributed by atoms with van der Waals surface area (Å²) in [6.45, 7) is 0.577. The molecule has 1 aromatic heterocycles.